The summed E-state index contributed by atoms with van der Waals surface area (Å²) in [5.74, 6) is 0.695. The van der Waals surface area contributed by atoms with Crippen molar-refractivity contribution in [1.29, 1.82) is 5.41 Å². The fraction of sp³-hybridized carbons (Fsp3) is 0.900. The summed E-state index contributed by atoms with van der Waals surface area (Å²) in [5.41, 5.74) is 5.41. The SMILES string of the molecule is CCC(CC(=N)N)N1CCC(CO)C1. The van der Waals surface area contributed by atoms with E-state index in [4.69, 9.17) is 16.2 Å². The summed E-state index contributed by atoms with van der Waals surface area (Å²) in [5, 5.41) is 16.3. The van der Waals surface area contributed by atoms with E-state index in [1.807, 2.05) is 0 Å². The van der Waals surface area contributed by atoms with Crippen molar-refractivity contribution in [2.24, 2.45) is 11.7 Å². The fourth-order valence-electron chi connectivity index (χ4n) is 2.13. The third kappa shape index (κ3) is 2.96. The third-order valence-corrected chi connectivity index (χ3v) is 3.02. The first-order valence-electron chi connectivity index (χ1n) is 5.35. The van der Waals surface area contributed by atoms with Crippen molar-refractivity contribution < 1.29 is 5.11 Å². The Hall–Kier alpha value is -0.610. The van der Waals surface area contributed by atoms with Crippen LogP contribution < -0.4 is 5.73 Å². The minimum atomic E-state index is 0.268. The van der Waals surface area contributed by atoms with Gasteiger partial charge in [-0.2, -0.15) is 0 Å². The van der Waals surface area contributed by atoms with Gasteiger partial charge in [0, 0.05) is 25.6 Å². The molecule has 0 aromatic heterocycles. The highest BCUT2D eigenvalue weighted by molar-refractivity contribution is 5.77. The molecule has 0 radical (unpaired) electrons. The summed E-state index contributed by atoms with van der Waals surface area (Å²) < 4.78 is 0. The molecule has 1 aliphatic rings. The van der Waals surface area contributed by atoms with Crippen molar-refractivity contribution in [1.82, 2.24) is 4.90 Å². The van der Waals surface area contributed by atoms with Crippen LogP contribution in [0, 0.1) is 11.3 Å². The van der Waals surface area contributed by atoms with Crippen LogP contribution in [0.15, 0.2) is 0 Å². The van der Waals surface area contributed by atoms with Crippen LogP contribution in [0.5, 0.6) is 0 Å². The highest BCUT2D eigenvalue weighted by Gasteiger charge is 2.26. The Morgan fingerprint density at radius 1 is 1.71 bits per heavy atom. The highest BCUT2D eigenvalue weighted by Crippen LogP contribution is 2.20. The Morgan fingerprint density at radius 3 is 2.86 bits per heavy atom. The van der Waals surface area contributed by atoms with Gasteiger partial charge >= 0.3 is 0 Å². The lowest BCUT2D eigenvalue weighted by Crippen LogP contribution is -2.36. The van der Waals surface area contributed by atoms with Gasteiger partial charge in [0.1, 0.15) is 0 Å². The Bertz CT molecular complexity index is 196. The van der Waals surface area contributed by atoms with Crippen LogP contribution in [-0.2, 0) is 0 Å². The predicted molar refractivity (Wildman–Crippen MR) is 57.4 cm³/mol. The maximum Gasteiger partial charge on any atom is 0.0921 e. The second kappa shape index (κ2) is 5.32. The van der Waals surface area contributed by atoms with Crippen molar-refractivity contribution in [3.8, 4) is 0 Å². The molecule has 4 N–H and O–H groups in total. The molecule has 4 heteroatoms. The van der Waals surface area contributed by atoms with Crippen molar-refractivity contribution >= 4 is 5.84 Å². The summed E-state index contributed by atoms with van der Waals surface area (Å²) in [6, 6.07) is 0.393. The van der Waals surface area contributed by atoms with E-state index in [2.05, 4.69) is 11.8 Å². The zero-order valence-electron chi connectivity index (χ0n) is 8.87. The number of hydrogen-bond acceptors (Lipinski definition) is 3. The molecule has 1 aliphatic heterocycles. The molecule has 1 saturated heterocycles. The molecule has 82 valence electrons. The van der Waals surface area contributed by atoms with Crippen molar-refractivity contribution in [3.63, 3.8) is 0 Å². The van der Waals surface area contributed by atoms with E-state index in [-0.39, 0.29) is 12.4 Å². The molecular weight excluding hydrogens is 178 g/mol. The van der Waals surface area contributed by atoms with E-state index in [0.717, 1.165) is 25.9 Å². The van der Waals surface area contributed by atoms with E-state index >= 15 is 0 Å². The van der Waals surface area contributed by atoms with Crippen LogP contribution in [0.2, 0.25) is 0 Å². The summed E-state index contributed by atoms with van der Waals surface area (Å²) in [4.78, 5) is 2.35. The normalized spacial score (nSPS) is 25.1. The molecule has 14 heavy (non-hydrogen) atoms. The zero-order chi connectivity index (χ0) is 10.6. The van der Waals surface area contributed by atoms with Gasteiger partial charge in [0.05, 0.1) is 5.84 Å². The molecular formula is C10H21N3O. The molecule has 0 amide bonds. The monoisotopic (exact) mass is 199 g/mol. The van der Waals surface area contributed by atoms with Gasteiger partial charge in [-0.1, -0.05) is 6.92 Å². The lowest BCUT2D eigenvalue weighted by Gasteiger charge is -2.26. The van der Waals surface area contributed by atoms with Gasteiger partial charge in [-0.15, -0.1) is 0 Å². The molecule has 2 atom stereocenters. The van der Waals surface area contributed by atoms with Crippen LogP contribution in [0.1, 0.15) is 26.2 Å². The number of nitrogens with two attached hydrogens (primary N) is 1. The van der Waals surface area contributed by atoms with Crippen LogP contribution in [-0.4, -0.2) is 41.6 Å². The van der Waals surface area contributed by atoms with Gasteiger partial charge in [-0.3, -0.25) is 10.3 Å². The maximum absolute atomic E-state index is 9.03. The van der Waals surface area contributed by atoms with Gasteiger partial charge < -0.3 is 10.8 Å². The molecule has 1 rings (SSSR count). The Kier molecular flexibility index (Phi) is 4.35. The van der Waals surface area contributed by atoms with Gasteiger partial charge in [-0.25, -0.2) is 0 Å². The molecule has 1 fully saturated rings. The molecule has 0 aromatic rings. The van der Waals surface area contributed by atoms with Crippen LogP contribution in [0.4, 0.5) is 0 Å². The summed E-state index contributed by atoms with van der Waals surface area (Å²) in [6.45, 7) is 4.41. The Balaban J connectivity index is 2.42. The Morgan fingerprint density at radius 2 is 2.43 bits per heavy atom. The quantitative estimate of drug-likeness (QED) is 0.443. The zero-order valence-corrected chi connectivity index (χ0v) is 8.87. The molecule has 1 heterocycles. The Labute approximate surface area is 85.6 Å². The largest absolute Gasteiger partial charge is 0.396 e. The minimum Gasteiger partial charge on any atom is -0.396 e. The predicted octanol–water partition coefficient (Wildman–Crippen LogP) is 0.405. The molecule has 2 unspecified atom stereocenters. The summed E-state index contributed by atoms with van der Waals surface area (Å²) >= 11 is 0. The first-order valence-corrected chi connectivity index (χ1v) is 5.35. The van der Waals surface area contributed by atoms with E-state index in [1.54, 1.807) is 0 Å². The smallest absolute Gasteiger partial charge is 0.0921 e. The number of amidine groups is 1. The number of rotatable bonds is 5. The number of nitrogens with one attached hydrogen (secondary N) is 1. The van der Waals surface area contributed by atoms with Crippen LogP contribution in [0.25, 0.3) is 0 Å². The second-order valence-corrected chi connectivity index (χ2v) is 4.12. The lowest BCUT2D eigenvalue weighted by molar-refractivity contribution is 0.197. The van der Waals surface area contributed by atoms with Gasteiger partial charge in [0.25, 0.3) is 0 Å². The molecule has 0 aromatic carbocycles. The molecule has 0 bridgehead atoms. The van der Waals surface area contributed by atoms with E-state index in [0.29, 0.717) is 18.4 Å². The van der Waals surface area contributed by atoms with Gasteiger partial charge in [0.2, 0.25) is 0 Å². The first-order chi connectivity index (χ1) is 6.67. The number of aliphatic hydroxyl groups is 1. The fourth-order valence-corrected chi connectivity index (χ4v) is 2.13. The average Bonchev–Trinajstić information content (AvgIpc) is 2.62. The topological polar surface area (TPSA) is 73.3 Å². The van der Waals surface area contributed by atoms with Crippen LogP contribution >= 0.6 is 0 Å². The summed E-state index contributed by atoms with van der Waals surface area (Å²) in [6.07, 6.45) is 2.76. The molecule has 4 nitrogen and oxygen atoms in total. The van der Waals surface area contributed by atoms with E-state index in [9.17, 15) is 0 Å². The minimum absolute atomic E-state index is 0.268. The van der Waals surface area contributed by atoms with Crippen molar-refractivity contribution in [2.45, 2.75) is 32.2 Å². The standard InChI is InChI=1S/C10H21N3O/c1-2-9(5-10(11)12)13-4-3-8(6-13)7-14/h8-9,14H,2-7H2,1H3,(H3,11,12). The van der Waals surface area contributed by atoms with E-state index < -0.39 is 0 Å². The van der Waals surface area contributed by atoms with Crippen molar-refractivity contribution in [2.75, 3.05) is 19.7 Å². The molecule has 0 aliphatic carbocycles. The molecule has 0 saturated carbocycles. The van der Waals surface area contributed by atoms with Gasteiger partial charge in [0.15, 0.2) is 0 Å². The lowest BCUT2D eigenvalue weighted by atomic mass is 10.1. The second-order valence-electron chi connectivity index (χ2n) is 4.12. The number of aliphatic hydroxyl groups excluding tert-OH is 1. The van der Waals surface area contributed by atoms with Crippen LogP contribution in [0.3, 0.4) is 0 Å². The third-order valence-electron chi connectivity index (χ3n) is 3.02. The number of nitrogens with zero attached hydrogens (tertiary/aromatic N) is 1. The maximum atomic E-state index is 9.03. The highest BCUT2D eigenvalue weighted by atomic mass is 16.3. The molecule has 0 spiro atoms. The van der Waals surface area contributed by atoms with Crippen molar-refractivity contribution in [3.05, 3.63) is 0 Å². The van der Waals surface area contributed by atoms with E-state index in [1.165, 1.54) is 0 Å². The first kappa shape index (κ1) is 11.5. The average molecular weight is 199 g/mol. The number of hydrogen-bond donors (Lipinski definition) is 3. The number of likely N-dealkylation sites (tertiary alicyclic amines) is 1. The summed E-state index contributed by atoms with van der Waals surface area (Å²) in [7, 11) is 0. The van der Waals surface area contributed by atoms with Gasteiger partial charge in [-0.05, 0) is 25.3 Å².